The molecule has 0 aromatic heterocycles. The number of ether oxygens (including phenoxy) is 1. The number of non-ortho nitro benzene ring substituents is 1. The summed E-state index contributed by atoms with van der Waals surface area (Å²) in [6.07, 6.45) is 1.42. The summed E-state index contributed by atoms with van der Waals surface area (Å²) in [5.74, 6) is 0.161. The molecule has 0 radical (unpaired) electrons. The molecule has 0 spiro atoms. The molecule has 1 aromatic rings. The average molecular weight is 403 g/mol. The zero-order chi connectivity index (χ0) is 20.7. The van der Waals surface area contributed by atoms with Gasteiger partial charge in [-0.1, -0.05) is 20.8 Å². The predicted molar refractivity (Wildman–Crippen MR) is 103 cm³/mol. The van der Waals surface area contributed by atoms with Crippen LogP contribution in [0.2, 0.25) is 0 Å². The molecule has 0 aliphatic heterocycles. The molecule has 1 rings (SSSR count). The SMILES string of the molecule is COP(=O)(OCCCOC(C)(C)CC(C)(C)C)Oc1ccc([N+](=O)[O-])cc1. The van der Waals surface area contributed by atoms with Crippen molar-refractivity contribution >= 4 is 13.5 Å². The van der Waals surface area contributed by atoms with Crippen molar-refractivity contribution in [3.63, 3.8) is 0 Å². The van der Waals surface area contributed by atoms with Crippen LogP contribution in [0.4, 0.5) is 5.69 Å². The molecule has 0 aliphatic rings. The monoisotopic (exact) mass is 403 g/mol. The number of rotatable bonds is 11. The fraction of sp³-hybridized carbons (Fsp3) is 0.667. The summed E-state index contributed by atoms with van der Waals surface area (Å²) >= 11 is 0. The van der Waals surface area contributed by atoms with Crippen molar-refractivity contribution in [1.29, 1.82) is 0 Å². The number of phosphoric ester groups is 1. The molecular formula is C18H30NO7P. The first-order chi connectivity index (χ1) is 12.4. The molecule has 0 amide bonds. The van der Waals surface area contributed by atoms with Crippen molar-refractivity contribution in [2.24, 2.45) is 5.41 Å². The van der Waals surface area contributed by atoms with Gasteiger partial charge in [0.05, 0.1) is 17.1 Å². The Morgan fingerprint density at radius 2 is 1.67 bits per heavy atom. The lowest BCUT2D eigenvalue weighted by molar-refractivity contribution is -0.384. The minimum Gasteiger partial charge on any atom is -0.404 e. The number of nitrogens with zero attached hydrogens (tertiary/aromatic N) is 1. The van der Waals surface area contributed by atoms with E-state index in [1.54, 1.807) is 0 Å². The highest BCUT2D eigenvalue weighted by atomic mass is 31.2. The summed E-state index contributed by atoms with van der Waals surface area (Å²) in [6.45, 7) is 11.1. The van der Waals surface area contributed by atoms with Crippen LogP contribution in [0, 0.1) is 15.5 Å². The van der Waals surface area contributed by atoms with Crippen LogP contribution in [0.25, 0.3) is 0 Å². The Kier molecular flexibility index (Phi) is 8.42. The van der Waals surface area contributed by atoms with Gasteiger partial charge in [0.15, 0.2) is 0 Å². The summed E-state index contributed by atoms with van der Waals surface area (Å²) in [5.41, 5.74) is -0.200. The first-order valence-corrected chi connectivity index (χ1v) is 10.2. The molecule has 0 fully saturated rings. The first-order valence-electron chi connectivity index (χ1n) is 8.74. The maximum Gasteiger partial charge on any atom is 0.529 e. The Bertz CT molecular complexity index is 653. The van der Waals surface area contributed by atoms with Gasteiger partial charge in [0.2, 0.25) is 0 Å². The van der Waals surface area contributed by atoms with Crippen molar-refractivity contribution in [2.75, 3.05) is 20.3 Å². The van der Waals surface area contributed by atoms with Gasteiger partial charge >= 0.3 is 7.82 Å². The van der Waals surface area contributed by atoms with Gasteiger partial charge in [-0.25, -0.2) is 4.57 Å². The smallest absolute Gasteiger partial charge is 0.404 e. The van der Waals surface area contributed by atoms with E-state index in [-0.39, 0.29) is 29.1 Å². The number of hydrogen-bond donors (Lipinski definition) is 0. The van der Waals surface area contributed by atoms with Crippen LogP contribution >= 0.6 is 7.82 Å². The zero-order valence-corrected chi connectivity index (χ0v) is 17.8. The van der Waals surface area contributed by atoms with Gasteiger partial charge in [0.1, 0.15) is 5.75 Å². The van der Waals surface area contributed by atoms with Gasteiger partial charge in [0, 0.05) is 25.8 Å². The van der Waals surface area contributed by atoms with E-state index in [2.05, 4.69) is 20.8 Å². The Morgan fingerprint density at radius 1 is 1.07 bits per heavy atom. The van der Waals surface area contributed by atoms with E-state index < -0.39 is 12.7 Å². The molecular weight excluding hydrogens is 373 g/mol. The van der Waals surface area contributed by atoms with E-state index >= 15 is 0 Å². The van der Waals surface area contributed by atoms with Crippen molar-refractivity contribution in [3.8, 4) is 5.75 Å². The second-order valence-electron chi connectivity index (χ2n) is 8.00. The third-order valence-corrected chi connectivity index (χ3v) is 4.86. The quantitative estimate of drug-likeness (QED) is 0.212. The van der Waals surface area contributed by atoms with Gasteiger partial charge < -0.3 is 9.26 Å². The van der Waals surface area contributed by atoms with Gasteiger partial charge in [-0.15, -0.1) is 0 Å². The highest BCUT2D eigenvalue weighted by Gasteiger charge is 2.28. The third kappa shape index (κ3) is 9.33. The molecule has 8 nitrogen and oxygen atoms in total. The number of benzene rings is 1. The van der Waals surface area contributed by atoms with Gasteiger partial charge in [-0.05, 0) is 44.2 Å². The van der Waals surface area contributed by atoms with E-state index in [4.69, 9.17) is 18.3 Å². The van der Waals surface area contributed by atoms with Crippen LogP contribution in [0.3, 0.4) is 0 Å². The summed E-state index contributed by atoms with van der Waals surface area (Å²) in [5, 5.41) is 10.7. The largest absolute Gasteiger partial charge is 0.529 e. The lowest BCUT2D eigenvalue weighted by Gasteiger charge is -2.32. The lowest BCUT2D eigenvalue weighted by Crippen LogP contribution is -2.30. The van der Waals surface area contributed by atoms with Crippen LogP contribution in [0.15, 0.2) is 24.3 Å². The van der Waals surface area contributed by atoms with Crippen LogP contribution in [-0.4, -0.2) is 30.8 Å². The van der Waals surface area contributed by atoms with Crippen LogP contribution in [0.5, 0.6) is 5.75 Å². The van der Waals surface area contributed by atoms with Crippen LogP contribution in [0.1, 0.15) is 47.5 Å². The molecule has 9 heteroatoms. The number of nitro benzene ring substituents is 1. The molecule has 0 bridgehead atoms. The number of hydrogen-bond acceptors (Lipinski definition) is 7. The summed E-state index contributed by atoms with van der Waals surface area (Å²) in [6, 6.07) is 5.18. The number of nitro groups is 1. The fourth-order valence-electron chi connectivity index (χ4n) is 2.79. The van der Waals surface area contributed by atoms with Crippen molar-refractivity contribution in [3.05, 3.63) is 34.4 Å². The molecule has 0 saturated heterocycles. The highest BCUT2D eigenvalue weighted by Crippen LogP contribution is 2.48. The maximum absolute atomic E-state index is 12.5. The lowest BCUT2D eigenvalue weighted by atomic mass is 9.84. The maximum atomic E-state index is 12.5. The molecule has 1 atom stereocenters. The average Bonchev–Trinajstić information content (AvgIpc) is 2.52. The second-order valence-corrected chi connectivity index (χ2v) is 9.70. The Balaban J connectivity index is 2.46. The minimum atomic E-state index is -3.80. The Morgan fingerprint density at radius 3 is 2.15 bits per heavy atom. The van der Waals surface area contributed by atoms with E-state index in [9.17, 15) is 14.7 Å². The third-order valence-electron chi connectivity index (χ3n) is 3.48. The molecule has 27 heavy (non-hydrogen) atoms. The van der Waals surface area contributed by atoms with Gasteiger partial charge in [-0.2, -0.15) is 0 Å². The summed E-state index contributed by atoms with van der Waals surface area (Å²) in [7, 11) is -2.58. The zero-order valence-electron chi connectivity index (χ0n) is 16.9. The summed E-state index contributed by atoms with van der Waals surface area (Å²) < 4.78 is 33.8. The van der Waals surface area contributed by atoms with Gasteiger partial charge in [-0.3, -0.25) is 19.2 Å². The van der Waals surface area contributed by atoms with E-state index in [0.717, 1.165) is 6.42 Å². The second kappa shape index (κ2) is 9.64. The molecule has 1 unspecified atom stereocenters. The molecule has 1 aromatic carbocycles. The minimum absolute atomic E-state index is 0.0921. The first kappa shape index (κ1) is 23.6. The Labute approximate surface area is 160 Å². The fourth-order valence-corrected chi connectivity index (χ4v) is 3.75. The van der Waals surface area contributed by atoms with E-state index in [1.165, 1.54) is 31.4 Å². The molecule has 0 N–H and O–H groups in total. The van der Waals surface area contributed by atoms with E-state index in [1.807, 2.05) is 13.8 Å². The predicted octanol–water partition coefficient (Wildman–Crippen LogP) is 5.37. The molecule has 154 valence electrons. The normalized spacial score (nSPS) is 14.6. The van der Waals surface area contributed by atoms with Crippen molar-refractivity contribution < 1.29 is 27.8 Å². The number of phosphoric acid groups is 1. The summed E-state index contributed by atoms with van der Waals surface area (Å²) in [4.78, 5) is 10.1. The molecule has 0 saturated carbocycles. The van der Waals surface area contributed by atoms with Crippen LogP contribution < -0.4 is 4.52 Å². The Hall–Kier alpha value is -1.47. The van der Waals surface area contributed by atoms with Crippen LogP contribution in [-0.2, 0) is 18.3 Å². The molecule has 0 heterocycles. The van der Waals surface area contributed by atoms with Crippen molar-refractivity contribution in [2.45, 2.75) is 53.1 Å². The highest BCUT2D eigenvalue weighted by molar-refractivity contribution is 7.48. The topological polar surface area (TPSA) is 97.1 Å². The standard InChI is InChI=1S/C18H30NO7P/c1-17(2,3)14-18(4,5)24-12-7-13-25-27(22,23-6)26-16-10-8-15(9-11-16)19(20)21/h8-11H,7,12-14H2,1-6H3. The van der Waals surface area contributed by atoms with Crippen molar-refractivity contribution in [1.82, 2.24) is 0 Å². The van der Waals surface area contributed by atoms with E-state index in [0.29, 0.717) is 13.0 Å². The van der Waals surface area contributed by atoms with Gasteiger partial charge in [0.25, 0.3) is 5.69 Å². The molecule has 0 aliphatic carbocycles.